The number of hydrogen-bond donors (Lipinski definition) is 3. The predicted molar refractivity (Wildman–Crippen MR) is 77.1 cm³/mol. The maximum Gasteiger partial charge on any atom is 0.269 e. The maximum absolute atomic E-state index is 11.8. The molecule has 3 N–H and O–H groups in total. The Morgan fingerprint density at radius 3 is 2.40 bits per heavy atom. The fourth-order valence-corrected chi connectivity index (χ4v) is 1.67. The Morgan fingerprint density at radius 2 is 1.85 bits per heavy atom. The van der Waals surface area contributed by atoms with Crippen LogP contribution >= 0.6 is 12.2 Å². The van der Waals surface area contributed by atoms with Crippen LogP contribution in [0.25, 0.3) is 0 Å². The van der Waals surface area contributed by atoms with E-state index in [1.165, 1.54) is 0 Å². The summed E-state index contributed by atoms with van der Waals surface area (Å²) < 4.78 is 5.00. The molecule has 2 rings (SSSR count). The Morgan fingerprint density at radius 1 is 1.20 bits per heavy atom. The van der Waals surface area contributed by atoms with Gasteiger partial charge in [0.15, 0.2) is 5.11 Å². The standard InChI is InChI=1S/C13H15N3O3S/c1-19-10-6-4-9(5-7-10)12(18)15-16-13(20)14-11(17)8-2-3-8/h4-8H,2-3H2,1H3,(H,15,18)(H2,14,16,17,20). The molecule has 1 saturated carbocycles. The Hall–Kier alpha value is -2.15. The number of carbonyl (C=O) groups excluding carboxylic acids is 2. The third kappa shape index (κ3) is 3.92. The van der Waals surface area contributed by atoms with E-state index in [1.807, 2.05) is 0 Å². The molecule has 0 spiro atoms. The molecule has 20 heavy (non-hydrogen) atoms. The molecular formula is C13H15N3O3S. The van der Waals surface area contributed by atoms with Crippen LogP contribution in [0.15, 0.2) is 24.3 Å². The molecule has 1 aliphatic carbocycles. The first-order chi connectivity index (χ1) is 9.60. The number of methoxy groups -OCH3 is 1. The van der Waals surface area contributed by atoms with Crippen LogP contribution in [0.1, 0.15) is 23.2 Å². The molecule has 0 aromatic heterocycles. The highest BCUT2D eigenvalue weighted by molar-refractivity contribution is 7.80. The minimum atomic E-state index is -0.351. The summed E-state index contributed by atoms with van der Waals surface area (Å²) in [7, 11) is 1.55. The van der Waals surface area contributed by atoms with Crippen molar-refractivity contribution < 1.29 is 14.3 Å². The van der Waals surface area contributed by atoms with Crippen LogP contribution in [0.2, 0.25) is 0 Å². The topological polar surface area (TPSA) is 79.5 Å². The first kappa shape index (κ1) is 14.3. The van der Waals surface area contributed by atoms with Gasteiger partial charge in [-0.1, -0.05) is 0 Å². The molecule has 7 heteroatoms. The summed E-state index contributed by atoms with van der Waals surface area (Å²) >= 11 is 4.91. The monoisotopic (exact) mass is 293 g/mol. The average molecular weight is 293 g/mol. The number of rotatable bonds is 3. The second kappa shape index (κ2) is 6.33. The van der Waals surface area contributed by atoms with Crippen LogP contribution in [-0.4, -0.2) is 24.0 Å². The number of nitrogens with one attached hydrogen (secondary N) is 3. The summed E-state index contributed by atoms with van der Waals surface area (Å²) in [4.78, 5) is 23.2. The minimum absolute atomic E-state index is 0.0621. The van der Waals surface area contributed by atoms with Crippen molar-refractivity contribution in [3.63, 3.8) is 0 Å². The van der Waals surface area contributed by atoms with E-state index in [-0.39, 0.29) is 22.8 Å². The molecule has 0 atom stereocenters. The molecule has 0 saturated heterocycles. The molecule has 0 radical (unpaired) electrons. The van der Waals surface area contributed by atoms with Gasteiger partial charge >= 0.3 is 0 Å². The van der Waals surface area contributed by atoms with E-state index in [0.717, 1.165) is 12.8 Å². The van der Waals surface area contributed by atoms with Gasteiger partial charge in [-0.3, -0.25) is 20.4 Å². The van der Waals surface area contributed by atoms with Crippen molar-refractivity contribution in [3.05, 3.63) is 29.8 Å². The Labute approximate surface area is 121 Å². The number of thiocarbonyl (C=S) groups is 1. The van der Waals surface area contributed by atoms with E-state index in [2.05, 4.69) is 16.2 Å². The number of ether oxygens (including phenoxy) is 1. The zero-order valence-electron chi connectivity index (χ0n) is 10.9. The lowest BCUT2D eigenvalue weighted by Crippen LogP contribution is -2.48. The van der Waals surface area contributed by atoms with Crippen molar-refractivity contribution in [2.75, 3.05) is 7.11 Å². The second-order valence-corrected chi connectivity index (χ2v) is 4.81. The first-order valence-electron chi connectivity index (χ1n) is 6.15. The molecule has 0 heterocycles. The highest BCUT2D eigenvalue weighted by atomic mass is 32.1. The van der Waals surface area contributed by atoms with Crippen LogP contribution < -0.4 is 20.9 Å². The maximum atomic E-state index is 11.8. The summed E-state index contributed by atoms with van der Waals surface area (Å²) in [5, 5.41) is 2.60. The van der Waals surface area contributed by atoms with Gasteiger partial charge in [0, 0.05) is 11.5 Å². The van der Waals surface area contributed by atoms with Crippen LogP contribution in [0.4, 0.5) is 0 Å². The first-order valence-corrected chi connectivity index (χ1v) is 6.56. The van der Waals surface area contributed by atoms with Gasteiger partial charge in [-0.05, 0) is 49.3 Å². The lowest BCUT2D eigenvalue weighted by molar-refractivity contribution is -0.120. The number of hydrazine groups is 1. The normalized spacial score (nSPS) is 13.2. The molecule has 0 aliphatic heterocycles. The van der Waals surface area contributed by atoms with Gasteiger partial charge < -0.3 is 10.1 Å². The minimum Gasteiger partial charge on any atom is -0.497 e. The molecule has 0 unspecified atom stereocenters. The summed E-state index contributed by atoms with van der Waals surface area (Å²) in [6, 6.07) is 6.62. The van der Waals surface area contributed by atoms with Gasteiger partial charge in [0.1, 0.15) is 5.75 Å². The lowest BCUT2D eigenvalue weighted by Gasteiger charge is -2.10. The van der Waals surface area contributed by atoms with Crippen molar-refractivity contribution in [1.82, 2.24) is 16.2 Å². The van der Waals surface area contributed by atoms with Gasteiger partial charge in [0.05, 0.1) is 7.11 Å². The van der Waals surface area contributed by atoms with Gasteiger partial charge in [-0.2, -0.15) is 0 Å². The molecule has 6 nitrogen and oxygen atoms in total. The molecular weight excluding hydrogens is 278 g/mol. The van der Waals surface area contributed by atoms with Crippen molar-refractivity contribution in [1.29, 1.82) is 0 Å². The zero-order valence-corrected chi connectivity index (χ0v) is 11.8. The Kier molecular flexibility index (Phi) is 4.52. The summed E-state index contributed by atoms with van der Waals surface area (Å²) in [6.07, 6.45) is 1.79. The average Bonchev–Trinajstić information content (AvgIpc) is 3.29. The second-order valence-electron chi connectivity index (χ2n) is 4.40. The number of carbonyl (C=O) groups is 2. The molecule has 1 fully saturated rings. The van der Waals surface area contributed by atoms with Crippen LogP contribution in [-0.2, 0) is 4.79 Å². The SMILES string of the molecule is COc1ccc(C(=O)NNC(=S)NC(=O)C2CC2)cc1. The fourth-order valence-electron chi connectivity index (χ4n) is 1.52. The van der Waals surface area contributed by atoms with E-state index < -0.39 is 0 Å². The Balaban J connectivity index is 1.78. The van der Waals surface area contributed by atoms with Crippen molar-refractivity contribution in [2.45, 2.75) is 12.8 Å². The van der Waals surface area contributed by atoms with Crippen LogP contribution in [0.5, 0.6) is 5.75 Å². The van der Waals surface area contributed by atoms with Gasteiger partial charge in [-0.15, -0.1) is 0 Å². The Bertz CT molecular complexity index is 526. The fraction of sp³-hybridized carbons (Fsp3) is 0.308. The van der Waals surface area contributed by atoms with E-state index in [9.17, 15) is 9.59 Å². The molecule has 1 aromatic rings. The predicted octanol–water partition coefficient (Wildman–Crippen LogP) is 0.741. The molecule has 106 valence electrons. The molecule has 1 aromatic carbocycles. The van der Waals surface area contributed by atoms with Crippen LogP contribution in [0, 0.1) is 5.92 Å². The number of amides is 2. The van der Waals surface area contributed by atoms with Crippen molar-refractivity contribution in [2.24, 2.45) is 5.92 Å². The lowest BCUT2D eigenvalue weighted by atomic mass is 10.2. The highest BCUT2D eigenvalue weighted by Crippen LogP contribution is 2.28. The van der Waals surface area contributed by atoms with E-state index in [1.54, 1.807) is 31.4 Å². The zero-order chi connectivity index (χ0) is 14.5. The van der Waals surface area contributed by atoms with Gasteiger partial charge in [0.25, 0.3) is 5.91 Å². The smallest absolute Gasteiger partial charge is 0.269 e. The largest absolute Gasteiger partial charge is 0.497 e. The van der Waals surface area contributed by atoms with E-state index in [4.69, 9.17) is 17.0 Å². The highest BCUT2D eigenvalue weighted by Gasteiger charge is 2.30. The third-order valence-corrected chi connectivity index (χ3v) is 3.03. The van der Waals surface area contributed by atoms with Crippen LogP contribution in [0.3, 0.4) is 0 Å². The molecule has 0 bridgehead atoms. The summed E-state index contributed by atoms with van der Waals surface area (Å²) in [5.41, 5.74) is 5.36. The van der Waals surface area contributed by atoms with Crippen molar-refractivity contribution >= 4 is 29.1 Å². The number of hydrogen-bond acceptors (Lipinski definition) is 4. The van der Waals surface area contributed by atoms with Gasteiger partial charge in [-0.25, -0.2) is 0 Å². The van der Waals surface area contributed by atoms with Crippen molar-refractivity contribution in [3.8, 4) is 5.75 Å². The molecule has 2 amide bonds. The molecule has 1 aliphatic rings. The van der Waals surface area contributed by atoms with E-state index >= 15 is 0 Å². The van der Waals surface area contributed by atoms with E-state index in [0.29, 0.717) is 11.3 Å². The quantitative estimate of drug-likeness (QED) is 0.566. The summed E-state index contributed by atoms with van der Waals surface area (Å²) in [6.45, 7) is 0. The summed E-state index contributed by atoms with van der Waals surface area (Å²) in [5.74, 6) is 0.269. The third-order valence-electron chi connectivity index (χ3n) is 2.83. The van der Waals surface area contributed by atoms with Gasteiger partial charge in [0.2, 0.25) is 5.91 Å². The number of benzene rings is 1.